The number of rotatable bonds is 2. The van der Waals surface area contributed by atoms with Gasteiger partial charge in [-0.05, 0) is 54.6 Å². The molecule has 1 spiro atoms. The van der Waals surface area contributed by atoms with Gasteiger partial charge in [-0.15, -0.1) is 0 Å². The molecule has 27 heavy (non-hydrogen) atoms. The van der Waals surface area contributed by atoms with Gasteiger partial charge in [0.05, 0.1) is 0 Å². The van der Waals surface area contributed by atoms with Crippen LogP contribution >= 0.6 is 0 Å². The summed E-state index contributed by atoms with van der Waals surface area (Å²) in [5, 5.41) is 3.09. The van der Waals surface area contributed by atoms with Gasteiger partial charge < -0.3 is 10.2 Å². The van der Waals surface area contributed by atoms with Gasteiger partial charge in [-0.2, -0.15) is 0 Å². The number of carbonyl (C=O) groups is 2. The van der Waals surface area contributed by atoms with Crippen LogP contribution in [0.5, 0.6) is 0 Å². The Morgan fingerprint density at radius 1 is 1.19 bits per heavy atom. The summed E-state index contributed by atoms with van der Waals surface area (Å²) in [6, 6.07) is 9.00. The summed E-state index contributed by atoms with van der Waals surface area (Å²) < 4.78 is 0. The van der Waals surface area contributed by atoms with Gasteiger partial charge in [0.1, 0.15) is 0 Å². The average Bonchev–Trinajstić information content (AvgIpc) is 3.02. The number of amides is 2. The number of hydrogen-bond donors (Lipinski definition) is 1. The highest BCUT2D eigenvalue weighted by Gasteiger charge is 2.51. The van der Waals surface area contributed by atoms with Crippen LogP contribution in [0.3, 0.4) is 0 Å². The molecule has 0 atom stereocenters. The van der Waals surface area contributed by atoms with Crippen molar-refractivity contribution in [3.63, 3.8) is 0 Å². The van der Waals surface area contributed by atoms with Crippen molar-refractivity contribution >= 4 is 11.8 Å². The molecular weight excluding hydrogens is 336 g/mol. The van der Waals surface area contributed by atoms with Gasteiger partial charge in [0, 0.05) is 31.0 Å². The standard InChI is InChI=1S/C23H32N2O2/c1-22(2,3)19-6-4-5-17(13-19)16-8-11-25(12-9-16)21(27)18-14-23(15-18)10-7-20(26)24-23/h4-6,13,16,18H,7-12,14-15H2,1-3H3,(H,24,26)/t18-,23+. The lowest BCUT2D eigenvalue weighted by Gasteiger charge is -2.46. The molecule has 0 unspecified atom stereocenters. The quantitative estimate of drug-likeness (QED) is 0.864. The minimum Gasteiger partial charge on any atom is -0.351 e. The van der Waals surface area contributed by atoms with Crippen molar-refractivity contribution in [2.24, 2.45) is 5.92 Å². The van der Waals surface area contributed by atoms with E-state index in [0.29, 0.717) is 18.2 Å². The van der Waals surface area contributed by atoms with E-state index in [1.807, 2.05) is 0 Å². The number of nitrogens with one attached hydrogen (secondary N) is 1. The van der Waals surface area contributed by atoms with Crippen molar-refractivity contribution in [2.45, 2.75) is 76.2 Å². The first-order valence-electron chi connectivity index (χ1n) is 10.5. The van der Waals surface area contributed by atoms with Crippen LogP contribution in [0, 0.1) is 5.92 Å². The zero-order valence-corrected chi connectivity index (χ0v) is 16.9. The second-order valence-electron chi connectivity index (χ2n) is 9.91. The van der Waals surface area contributed by atoms with Crippen molar-refractivity contribution in [3.05, 3.63) is 35.4 Å². The first kappa shape index (κ1) is 18.5. The Balaban J connectivity index is 1.32. The molecule has 1 aromatic rings. The second kappa shape index (κ2) is 6.65. The molecule has 2 amide bonds. The highest BCUT2D eigenvalue weighted by Crippen LogP contribution is 2.45. The molecule has 2 aliphatic heterocycles. The molecule has 1 N–H and O–H groups in total. The summed E-state index contributed by atoms with van der Waals surface area (Å²) >= 11 is 0. The maximum atomic E-state index is 12.8. The lowest BCUT2D eigenvalue weighted by molar-refractivity contribution is -0.142. The number of likely N-dealkylation sites (tertiary alicyclic amines) is 1. The molecule has 0 aromatic heterocycles. The van der Waals surface area contributed by atoms with Crippen LogP contribution in [-0.4, -0.2) is 35.3 Å². The second-order valence-corrected chi connectivity index (χ2v) is 9.91. The predicted octanol–water partition coefficient (Wildman–Crippen LogP) is 3.75. The van der Waals surface area contributed by atoms with Crippen LogP contribution in [0.1, 0.15) is 76.3 Å². The van der Waals surface area contributed by atoms with Gasteiger partial charge in [0.15, 0.2) is 0 Å². The SMILES string of the molecule is CC(C)(C)c1cccc(C2CCN(C(=O)[C@H]3C[C@]4(CCC(=O)N4)C3)CC2)c1. The van der Waals surface area contributed by atoms with Gasteiger partial charge in [0.25, 0.3) is 0 Å². The molecule has 2 saturated heterocycles. The zero-order chi connectivity index (χ0) is 19.2. The Morgan fingerprint density at radius 2 is 1.89 bits per heavy atom. The molecule has 146 valence electrons. The Bertz CT molecular complexity index is 735. The van der Waals surface area contributed by atoms with E-state index in [2.05, 4.69) is 55.3 Å². The maximum absolute atomic E-state index is 12.8. The number of hydrogen-bond acceptors (Lipinski definition) is 2. The zero-order valence-electron chi connectivity index (χ0n) is 16.9. The molecule has 1 saturated carbocycles. The summed E-state index contributed by atoms with van der Waals surface area (Å²) in [6.07, 6.45) is 5.31. The van der Waals surface area contributed by atoms with Crippen LogP contribution in [0.25, 0.3) is 0 Å². The minimum atomic E-state index is -0.0525. The topological polar surface area (TPSA) is 49.4 Å². The lowest BCUT2D eigenvalue weighted by atomic mass is 9.67. The minimum absolute atomic E-state index is 0.0525. The molecular formula is C23H32N2O2. The first-order chi connectivity index (χ1) is 12.8. The normalized spacial score (nSPS) is 28.9. The van der Waals surface area contributed by atoms with E-state index in [1.165, 1.54) is 11.1 Å². The summed E-state index contributed by atoms with van der Waals surface area (Å²) in [6.45, 7) is 8.49. The molecule has 4 heteroatoms. The Morgan fingerprint density at radius 3 is 2.48 bits per heavy atom. The van der Waals surface area contributed by atoms with Crippen LogP contribution in [0.15, 0.2) is 24.3 Å². The predicted molar refractivity (Wildman–Crippen MR) is 107 cm³/mol. The van der Waals surface area contributed by atoms with Crippen LogP contribution in [0.4, 0.5) is 0 Å². The summed E-state index contributed by atoms with van der Waals surface area (Å²) in [4.78, 5) is 26.4. The molecule has 4 nitrogen and oxygen atoms in total. The molecule has 0 radical (unpaired) electrons. The Kier molecular flexibility index (Phi) is 4.56. The Labute approximate surface area is 162 Å². The van der Waals surface area contributed by atoms with E-state index < -0.39 is 0 Å². The fraction of sp³-hybridized carbons (Fsp3) is 0.652. The molecule has 1 aromatic carbocycles. The van der Waals surface area contributed by atoms with Crippen LogP contribution in [-0.2, 0) is 15.0 Å². The summed E-state index contributed by atoms with van der Waals surface area (Å²) in [5.74, 6) is 1.13. The third kappa shape index (κ3) is 3.63. The molecule has 2 heterocycles. The van der Waals surface area contributed by atoms with Gasteiger partial charge >= 0.3 is 0 Å². The number of piperidine rings is 1. The summed E-state index contributed by atoms with van der Waals surface area (Å²) in [5.41, 5.74) is 2.92. The van der Waals surface area contributed by atoms with E-state index in [0.717, 1.165) is 45.2 Å². The van der Waals surface area contributed by atoms with Crippen molar-refractivity contribution in [2.75, 3.05) is 13.1 Å². The fourth-order valence-electron chi connectivity index (χ4n) is 5.09. The van der Waals surface area contributed by atoms with Crippen LogP contribution in [0.2, 0.25) is 0 Å². The van der Waals surface area contributed by atoms with Crippen molar-refractivity contribution < 1.29 is 9.59 Å². The van der Waals surface area contributed by atoms with Crippen molar-refractivity contribution in [3.8, 4) is 0 Å². The first-order valence-corrected chi connectivity index (χ1v) is 10.5. The van der Waals surface area contributed by atoms with E-state index in [9.17, 15) is 9.59 Å². The van der Waals surface area contributed by atoms with Crippen molar-refractivity contribution in [1.82, 2.24) is 10.2 Å². The van der Waals surface area contributed by atoms with Crippen LogP contribution < -0.4 is 5.32 Å². The third-order valence-corrected chi connectivity index (χ3v) is 6.89. The van der Waals surface area contributed by atoms with Crippen molar-refractivity contribution in [1.29, 1.82) is 0 Å². The number of nitrogens with zero attached hydrogens (tertiary/aromatic N) is 1. The van der Waals surface area contributed by atoms with Gasteiger partial charge in [-0.25, -0.2) is 0 Å². The van der Waals surface area contributed by atoms with E-state index >= 15 is 0 Å². The molecule has 3 fully saturated rings. The van der Waals surface area contributed by atoms with E-state index in [-0.39, 0.29) is 22.8 Å². The van der Waals surface area contributed by atoms with Gasteiger partial charge in [-0.1, -0.05) is 45.0 Å². The lowest BCUT2D eigenvalue weighted by Crippen LogP contribution is -2.57. The number of benzene rings is 1. The summed E-state index contributed by atoms with van der Waals surface area (Å²) in [7, 11) is 0. The smallest absolute Gasteiger partial charge is 0.225 e. The molecule has 3 aliphatic rings. The monoisotopic (exact) mass is 368 g/mol. The highest BCUT2D eigenvalue weighted by molar-refractivity contribution is 5.83. The third-order valence-electron chi connectivity index (χ3n) is 6.89. The maximum Gasteiger partial charge on any atom is 0.225 e. The van der Waals surface area contributed by atoms with Gasteiger partial charge in [0.2, 0.25) is 11.8 Å². The molecule has 0 bridgehead atoms. The average molecular weight is 369 g/mol. The fourth-order valence-corrected chi connectivity index (χ4v) is 5.09. The number of carbonyl (C=O) groups excluding carboxylic acids is 2. The Hall–Kier alpha value is -1.84. The largest absolute Gasteiger partial charge is 0.351 e. The molecule has 4 rings (SSSR count). The highest BCUT2D eigenvalue weighted by atomic mass is 16.2. The van der Waals surface area contributed by atoms with E-state index in [4.69, 9.17) is 0 Å². The molecule has 1 aliphatic carbocycles. The van der Waals surface area contributed by atoms with E-state index in [1.54, 1.807) is 0 Å². The van der Waals surface area contributed by atoms with Gasteiger partial charge in [-0.3, -0.25) is 9.59 Å².